The molecule has 106 valence electrons. The maximum atomic E-state index is 12.1. The van der Waals surface area contributed by atoms with Gasteiger partial charge in [0.2, 0.25) is 5.91 Å². The third-order valence-electron chi connectivity index (χ3n) is 3.83. The fourth-order valence-corrected chi connectivity index (χ4v) is 2.81. The highest BCUT2D eigenvalue weighted by Gasteiger charge is 2.31. The minimum Gasteiger partial charge on any atom is -0.366 e. The van der Waals surface area contributed by atoms with Gasteiger partial charge in [-0.2, -0.15) is 0 Å². The van der Waals surface area contributed by atoms with Gasteiger partial charge in [0, 0.05) is 0 Å². The van der Waals surface area contributed by atoms with E-state index in [4.69, 9.17) is 5.73 Å². The number of fused-ring (bicyclic) bond motifs is 1. The van der Waals surface area contributed by atoms with Crippen molar-refractivity contribution in [3.8, 4) is 0 Å². The molecule has 0 radical (unpaired) electrons. The molecule has 1 atom stereocenters. The molecule has 1 aliphatic heterocycles. The van der Waals surface area contributed by atoms with Crippen LogP contribution in [0.15, 0.2) is 48.5 Å². The summed E-state index contributed by atoms with van der Waals surface area (Å²) in [4.78, 5) is 23.5. The first kappa shape index (κ1) is 13.4. The zero-order valence-electron chi connectivity index (χ0n) is 11.5. The first-order valence-corrected chi connectivity index (χ1v) is 6.94. The second-order valence-electron chi connectivity index (χ2n) is 5.18. The van der Waals surface area contributed by atoms with E-state index in [1.165, 1.54) is 5.56 Å². The first-order valence-electron chi connectivity index (χ1n) is 6.94. The number of carbonyl (C=O) groups is 2. The van der Waals surface area contributed by atoms with E-state index in [-0.39, 0.29) is 11.9 Å². The Morgan fingerprint density at radius 2 is 1.86 bits per heavy atom. The van der Waals surface area contributed by atoms with E-state index in [0.717, 1.165) is 18.4 Å². The number of hydrogen-bond acceptors (Lipinski definition) is 2. The number of hydrogen-bond donors (Lipinski definition) is 2. The standard InChI is InChI=1S/C17H16N2O2/c18-16(20)13-8-4-7-12-14(19-17(21)15(12)13)10-9-11-5-2-1-3-6-11/h1-8,14H,9-10H2,(H2,18,20)(H,19,21). The molecule has 3 N–H and O–H groups in total. The number of aryl methyl sites for hydroxylation is 1. The van der Waals surface area contributed by atoms with E-state index >= 15 is 0 Å². The van der Waals surface area contributed by atoms with Crippen molar-refractivity contribution in [1.29, 1.82) is 0 Å². The number of nitrogens with two attached hydrogens (primary N) is 1. The van der Waals surface area contributed by atoms with Crippen LogP contribution in [0.25, 0.3) is 0 Å². The predicted octanol–water partition coefficient (Wildman–Crippen LogP) is 2.20. The van der Waals surface area contributed by atoms with Crippen LogP contribution in [0.4, 0.5) is 0 Å². The summed E-state index contributed by atoms with van der Waals surface area (Å²) < 4.78 is 0. The Bertz CT molecular complexity index is 695. The Hall–Kier alpha value is -2.62. The number of carbonyl (C=O) groups excluding carboxylic acids is 2. The quantitative estimate of drug-likeness (QED) is 0.901. The van der Waals surface area contributed by atoms with Crippen molar-refractivity contribution in [2.24, 2.45) is 5.73 Å². The summed E-state index contributed by atoms with van der Waals surface area (Å²) in [6.07, 6.45) is 1.66. The Morgan fingerprint density at radius 3 is 2.57 bits per heavy atom. The summed E-state index contributed by atoms with van der Waals surface area (Å²) in [6, 6.07) is 15.3. The van der Waals surface area contributed by atoms with Crippen LogP contribution in [-0.4, -0.2) is 11.8 Å². The highest BCUT2D eigenvalue weighted by Crippen LogP contribution is 2.30. The average Bonchev–Trinajstić information content (AvgIpc) is 2.83. The normalized spacial score (nSPS) is 16.4. The SMILES string of the molecule is NC(=O)c1cccc2c1C(=O)NC2CCc1ccccc1. The van der Waals surface area contributed by atoms with Crippen LogP contribution >= 0.6 is 0 Å². The van der Waals surface area contributed by atoms with Gasteiger partial charge in [-0.15, -0.1) is 0 Å². The highest BCUT2D eigenvalue weighted by molar-refractivity contribution is 6.09. The molecular weight excluding hydrogens is 264 g/mol. The number of rotatable bonds is 4. The number of benzene rings is 2. The van der Waals surface area contributed by atoms with Gasteiger partial charge in [0.25, 0.3) is 5.91 Å². The van der Waals surface area contributed by atoms with Gasteiger partial charge in [-0.05, 0) is 30.0 Å². The van der Waals surface area contributed by atoms with Crippen molar-refractivity contribution < 1.29 is 9.59 Å². The third-order valence-corrected chi connectivity index (χ3v) is 3.83. The summed E-state index contributed by atoms with van der Waals surface area (Å²) in [5.74, 6) is -0.775. The monoisotopic (exact) mass is 280 g/mol. The molecule has 4 nitrogen and oxygen atoms in total. The van der Waals surface area contributed by atoms with E-state index in [1.807, 2.05) is 24.3 Å². The molecule has 0 fully saturated rings. The van der Waals surface area contributed by atoms with Gasteiger partial charge in [-0.3, -0.25) is 9.59 Å². The van der Waals surface area contributed by atoms with Gasteiger partial charge < -0.3 is 11.1 Å². The van der Waals surface area contributed by atoms with Crippen molar-refractivity contribution in [1.82, 2.24) is 5.32 Å². The number of nitrogens with one attached hydrogen (secondary N) is 1. The molecule has 0 aromatic heterocycles. The fraction of sp³-hybridized carbons (Fsp3) is 0.176. The van der Waals surface area contributed by atoms with E-state index in [0.29, 0.717) is 11.1 Å². The molecule has 0 saturated heterocycles. The average molecular weight is 280 g/mol. The topological polar surface area (TPSA) is 72.2 Å². The van der Waals surface area contributed by atoms with Crippen LogP contribution < -0.4 is 11.1 Å². The fourth-order valence-electron chi connectivity index (χ4n) is 2.81. The predicted molar refractivity (Wildman–Crippen MR) is 79.9 cm³/mol. The molecule has 2 aromatic rings. The highest BCUT2D eigenvalue weighted by atomic mass is 16.2. The van der Waals surface area contributed by atoms with Crippen molar-refractivity contribution in [2.75, 3.05) is 0 Å². The lowest BCUT2D eigenvalue weighted by atomic mass is 9.95. The lowest BCUT2D eigenvalue weighted by Crippen LogP contribution is -2.21. The second-order valence-corrected chi connectivity index (χ2v) is 5.18. The smallest absolute Gasteiger partial charge is 0.252 e. The molecule has 1 aliphatic rings. The lowest BCUT2D eigenvalue weighted by Gasteiger charge is -2.11. The zero-order valence-corrected chi connectivity index (χ0v) is 11.5. The molecule has 4 heteroatoms. The van der Waals surface area contributed by atoms with Crippen LogP contribution in [0.3, 0.4) is 0 Å². The van der Waals surface area contributed by atoms with Gasteiger partial charge in [0.05, 0.1) is 17.2 Å². The Labute approximate surface area is 123 Å². The maximum absolute atomic E-state index is 12.1. The van der Waals surface area contributed by atoms with E-state index in [2.05, 4.69) is 17.4 Å². The summed E-state index contributed by atoms with van der Waals surface area (Å²) in [7, 11) is 0. The molecule has 2 aromatic carbocycles. The Morgan fingerprint density at radius 1 is 1.10 bits per heavy atom. The summed E-state index contributed by atoms with van der Waals surface area (Å²) >= 11 is 0. The molecule has 1 unspecified atom stereocenters. The summed E-state index contributed by atoms with van der Waals surface area (Å²) in [5.41, 5.74) is 8.17. The van der Waals surface area contributed by atoms with Crippen LogP contribution in [0.1, 0.15) is 44.3 Å². The lowest BCUT2D eigenvalue weighted by molar-refractivity contribution is 0.0939. The van der Waals surface area contributed by atoms with E-state index in [1.54, 1.807) is 12.1 Å². The maximum Gasteiger partial charge on any atom is 0.252 e. The van der Waals surface area contributed by atoms with Crippen molar-refractivity contribution in [3.63, 3.8) is 0 Å². The van der Waals surface area contributed by atoms with Gasteiger partial charge in [0.15, 0.2) is 0 Å². The molecule has 0 spiro atoms. The third kappa shape index (κ3) is 2.52. The van der Waals surface area contributed by atoms with Crippen molar-refractivity contribution in [2.45, 2.75) is 18.9 Å². The van der Waals surface area contributed by atoms with E-state index < -0.39 is 5.91 Å². The molecule has 0 saturated carbocycles. The largest absolute Gasteiger partial charge is 0.366 e. The summed E-state index contributed by atoms with van der Waals surface area (Å²) in [6.45, 7) is 0. The number of primary amides is 1. The minimum atomic E-state index is -0.564. The van der Waals surface area contributed by atoms with Crippen LogP contribution in [0, 0.1) is 0 Å². The van der Waals surface area contributed by atoms with Gasteiger partial charge in [-0.1, -0.05) is 42.5 Å². The molecule has 0 bridgehead atoms. The number of amides is 2. The molecule has 1 heterocycles. The summed E-state index contributed by atoms with van der Waals surface area (Å²) in [5, 5.41) is 2.94. The molecule has 2 amide bonds. The van der Waals surface area contributed by atoms with E-state index in [9.17, 15) is 9.59 Å². The second kappa shape index (κ2) is 5.40. The van der Waals surface area contributed by atoms with Crippen LogP contribution in [0.2, 0.25) is 0 Å². The van der Waals surface area contributed by atoms with Gasteiger partial charge in [-0.25, -0.2) is 0 Å². The minimum absolute atomic E-state index is 0.0630. The first-order chi connectivity index (χ1) is 10.2. The Balaban J connectivity index is 1.84. The molecule has 3 rings (SSSR count). The van der Waals surface area contributed by atoms with Gasteiger partial charge in [0.1, 0.15) is 0 Å². The van der Waals surface area contributed by atoms with Gasteiger partial charge >= 0.3 is 0 Å². The Kier molecular flexibility index (Phi) is 3.44. The molecule has 0 aliphatic carbocycles. The van der Waals surface area contributed by atoms with Crippen molar-refractivity contribution >= 4 is 11.8 Å². The molecular formula is C17H16N2O2. The van der Waals surface area contributed by atoms with Crippen LogP contribution in [-0.2, 0) is 6.42 Å². The van der Waals surface area contributed by atoms with Crippen LogP contribution in [0.5, 0.6) is 0 Å². The zero-order chi connectivity index (χ0) is 14.8. The van der Waals surface area contributed by atoms with Crippen molar-refractivity contribution in [3.05, 3.63) is 70.8 Å². The molecule has 21 heavy (non-hydrogen) atoms.